The first-order valence-corrected chi connectivity index (χ1v) is 17.9. The number of aromatic hydroxyl groups is 1. The molecule has 0 spiro atoms. The van der Waals surface area contributed by atoms with Gasteiger partial charge in [0, 0.05) is 48.6 Å². The summed E-state index contributed by atoms with van der Waals surface area (Å²) in [4.78, 5) is 78.5. The van der Waals surface area contributed by atoms with E-state index in [1.54, 1.807) is 25.3 Å². The van der Waals surface area contributed by atoms with Crippen molar-refractivity contribution in [1.82, 2.24) is 36.2 Å². The second-order valence-corrected chi connectivity index (χ2v) is 13.3. The predicted molar refractivity (Wildman–Crippen MR) is 196 cm³/mol. The van der Waals surface area contributed by atoms with Crippen LogP contribution in [0.4, 0.5) is 0 Å². The first-order valence-electron chi connectivity index (χ1n) is 17.9. The predicted octanol–water partition coefficient (Wildman–Crippen LogP) is 1.72. The molecule has 0 saturated heterocycles. The molecule has 2 aromatic carbocycles. The summed E-state index contributed by atoms with van der Waals surface area (Å²) in [5.41, 5.74) is 9.22. The van der Waals surface area contributed by atoms with Crippen molar-refractivity contribution in [1.29, 1.82) is 0 Å². The monoisotopic (exact) mass is 712 g/mol. The highest BCUT2D eigenvalue weighted by Gasteiger charge is 2.31. The zero-order valence-electron chi connectivity index (χ0n) is 29.4. The molecule has 4 heterocycles. The van der Waals surface area contributed by atoms with Gasteiger partial charge in [-0.05, 0) is 87.7 Å². The topological polar surface area (TPSA) is 224 Å². The molecule has 4 aromatic rings. The van der Waals surface area contributed by atoms with Crippen molar-refractivity contribution >= 4 is 34.5 Å². The van der Waals surface area contributed by atoms with E-state index < -0.39 is 35.8 Å². The first-order chi connectivity index (χ1) is 25.1. The summed E-state index contributed by atoms with van der Waals surface area (Å²) in [5.74, 6) is -1.90. The first kappa shape index (κ1) is 37.7. The molecule has 0 saturated carbocycles. The number of unbranched alkanes of at least 4 members (excludes halogenated alkanes) is 1. The molecular weight excluding hydrogens is 664 g/mol. The quantitative estimate of drug-likeness (QED) is 0.0990. The lowest BCUT2D eigenvalue weighted by atomic mass is 10.0. The third-order valence-corrected chi connectivity index (χ3v) is 9.35. The van der Waals surface area contributed by atoms with E-state index in [0.29, 0.717) is 74.3 Å². The summed E-state index contributed by atoms with van der Waals surface area (Å²) >= 11 is 0. The van der Waals surface area contributed by atoms with Crippen molar-refractivity contribution in [2.75, 3.05) is 13.1 Å². The minimum atomic E-state index is -1.11. The van der Waals surface area contributed by atoms with Crippen molar-refractivity contribution in [3.8, 4) is 5.75 Å². The minimum Gasteiger partial charge on any atom is -0.508 e. The van der Waals surface area contributed by atoms with Gasteiger partial charge in [0.15, 0.2) is 0 Å². The van der Waals surface area contributed by atoms with E-state index in [4.69, 9.17) is 5.73 Å². The van der Waals surface area contributed by atoms with Crippen LogP contribution in [0.5, 0.6) is 5.75 Å². The number of nitrogens with one attached hydrogen (secondary N) is 6. The number of para-hydroxylation sites is 1. The zero-order chi connectivity index (χ0) is 37.0. The number of phenols is 1. The van der Waals surface area contributed by atoms with Crippen molar-refractivity contribution in [2.45, 2.75) is 89.3 Å². The molecule has 2 aromatic heterocycles. The number of aromatic nitrogens is 3. The minimum absolute atomic E-state index is 0.0331. The van der Waals surface area contributed by atoms with E-state index in [0.717, 1.165) is 16.5 Å². The van der Waals surface area contributed by atoms with Crippen molar-refractivity contribution < 1.29 is 24.3 Å². The average molecular weight is 713 g/mol. The Kier molecular flexibility index (Phi) is 13.2. The molecule has 2 aliphatic heterocycles. The highest BCUT2D eigenvalue weighted by molar-refractivity contribution is 5.95. The highest BCUT2D eigenvalue weighted by atomic mass is 16.3. The van der Waals surface area contributed by atoms with Crippen LogP contribution in [-0.4, -0.2) is 74.9 Å². The van der Waals surface area contributed by atoms with E-state index in [2.05, 4.69) is 36.2 Å². The van der Waals surface area contributed by atoms with Crippen LogP contribution < -0.4 is 32.6 Å². The molecule has 0 unspecified atom stereocenters. The lowest BCUT2D eigenvalue weighted by Crippen LogP contribution is -2.57. The van der Waals surface area contributed by atoms with Gasteiger partial charge in [0.2, 0.25) is 23.6 Å². The molecule has 4 amide bonds. The van der Waals surface area contributed by atoms with Crippen LogP contribution in [0.25, 0.3) is 10.9 Å². The van der Waals surface area contributed by atoms with E-state index >= 15 is 0 Å². The maximum absolute atomic E-state index is 14.1. The number of H-pyrrole nitrogens is 2. The number of hydrogen-bond acceptors (Lipinski definition) is 8. The summed E-state index contributed by atoms with van der Waals surface area (Å²) in [6.07, 6.45) is 5.31. The number of carbonyl (C=O) groups is 4. The summed E-state index contributed by atoms with van der Waals surface area (Å²) in [5, 5.41) is 22.2. The molecule has 276 valence electrons. The summed E-state index contributed by atoms with van der Waals surface area (Å²) in [6.45, 7) is 2.54. The van der Waals surface area contributed by atoms with Crippen molar-refractivity contribution in [3.63, 3.8) is 0 Å². The number of benzene rings is 2. The van der Waals surface area contributed by atoms with Crippen LogP contribution in [0.1, 0.15) is 66.7 Å². The number of aryl methyl sites for hydroxylation is 3. The Balaban J connectivity index is 1.47. The van der Waals surface area contributed by atoms with Gasteiger partial charge in [-0.1, -0.05) is 30.3 Å². The van der Waals surface area contributed by atoms with Crippen LogP contribution in [0, 0.1) is 6.92 Å². The van der Waals surface area contributed by atoms with Gasteiger partial charge >= 0.3 is 0 Å². The van der Waals surface area contributed by atoms with Crippen LogP contribution in [-0.2, 0) is 44.9 Å². The Morgan fingerprint density at radius 1 is 0.808 bits per heavy atom. The van der Waals surface area contributed by atoms with Crippen LogP contribution >= 0.6 is 0 Å². The van der Waals surface area contributed by atoms with Crippen LogP contribution in [0.15, 0.2) is 59.5 Å². The second-order valence-electron chi connectivity index (χ2n) is 13.3. The molecular formula is C38H48N8O6. The molecule has 9 N–H and O–H groups in total. The largest absolute Gasteiger partial charge is 0.508 e. The number of rotatable bonds is 8. The Bertz CT molecular complexity index is 1920. The summed E-state index contributed by atoms with van der Waals surface area (Å²) in [7, 11) is 0. The van der Waals surface area contributed by atoms with Gasteiger partial charge in [-0.15, -0.1) is 0 Å². The molecule has 14 nitrogen and oxygen atoms in total. The van der Waals surface area contributed by atoms with Gasteiger partial charge in [0.25, 0.3) is 5.56 Å². The maximum atomic E-state index is 14.1. The van der Waals surface area contributed by atoms with Gasteiger partial charge in [-0.2, -0.15) is 0 Å². The molecule has 52 heavy (non-hydrogen) atoms. The number of amides is 4. The molecule has 2 aliphatic rings. The van der Waals surface area contributed by atoms with Gasteiger partial charge in [0.05, 0.1) is 5.69 Å². The SMILES string of the molecule is Cc1nc2c(=O)[nH]c1CCC(=O)N[C@@H](Cc1ccc(O)cc1)C(=O)N[C@H](Cc1c[nH]c3ccccc13)C(=O)N[C@@H](CCCCN)C(=O)NCCCC2. The normalized spacial score (nSPS) is 19.7. The third kappa shape index (κ3) is 10.3. The Morgan fingerprint density at radius 3 is 2.31 bits per heavy atom. The number of fused-ring (bicyclic) bond motifs is 19. The number of aromatic amines is 2. The highest BCUT2D eigenvalue weighted by Crippen LogP contribution is 2.20. The summed E-state index contributed by atoms with van der Waals surface area (Å²) in [6, 6.07) is 10.8. The molecule has 2 bridgehead atoms. The van der Waals surface area contributed by atoms with Crippen molar-refractivity contribution in [2.24, 2.45) is 5.73 Å². The lowest BCUT2D eigenvalue weighted by molar-refractivity contribution is -0.133. The second kappa shape index (κ2) is 18.1. The Morgan fingerprint density at radius 2 is 1.54 bits per heavy atom. The molecule has 0 fully saturated rings. The maximum Gasteiger partial charge on any atom is 0.269 e. The van der Waals surface area contributed by atoms with E-state index in [9.17, 15) is 29.1 Å². The fourth-order valence-corrected chi connectivity index (χ4v) is 6.40. The third-order valence-electron chi connectivity index (χ3n) is 9.35. The van der Waals surface area contributed by atoms with Gasteiger partial charge < -0.3 is 42.1 Å². The fraction of sp³-hybridized carbons (Fsp3) is 0.421. The average Bonchev–Trinajstić information content (AvgIpc) is 3.54. The number of nitrogens with zero attached hydrogens (tertiary/aromatic N) is 1. The van der Waals surface area contributed by atoms with Crippen LogP contribution in [0.3, 0.4) is 0 Å². The van der Waals surface area contributed by atoms with Crippen LogP contribution in [0.2, 0.25) is 0 Å². The number of carbonyl (C=O) groups excluding carboxylic acids is 4. The van der Waals surface area contributed by atoms with E-state index in [-0.39, 0.29) is 42.9 Å². The molecule has 3 atom stereocenters. The molecule has 0 aliphatic carbocycles. The lowest BCUT2D eigenvalue weighted by Gasteiger charge is -2.26. The number of nitrogens with two attached hydrogens (primary N) is 1. The molecule has 14 heteroatoms. The number of phenolic OH excluding ortho intramolecular Hbond substituents is 1. The molecule has 6 rings (SSSR count). The summed E-state index contributed by atoms with van der Waals surface area (Å²) < 4.78 is 0. The van der Waals surface area contributed by atoms with Gasteiger partial charge in [0.1, 0.15) is 29.6 Å². The zero-order valence-corrected chi connectivity index (χ0v) is 29.4. The fourth-order valence-electron chi connectivity index (χ4n) is 6.40. The Hall–Kier alpha value is -5.50. The van der Waals surface area contributed by atoms with Crippen molar-refractivity contribution in [3.05, 3.63) is 93.3 Å². The van der Waals surface area contributed by atoms with Gasteiger partial charge in [-0.25, -0.2) is 0 Å². The standard InChI is InChI=1S/C38H48N8O6/c1-23-28-16-17-34(48)43-32(20-24-12-14-26(47)15-13-24)37(51)46-33(21-25-22-41-29-9-3-2-8-27(25)29)38(52)45-30(10-4-6-18-39)35(49)40-19-7-5-11-31(42-23)36(50)44-28/h2-3,8-9,12-15,22,30,32-33,41,47H,4-7,10-11,16-21,39H2,1H3,(H,40,49)(H,43,48)(H,44,50)(H,45,52)(H,46,51)/t30-,32-,33+/m0/s1. The number of hydrogen-bond donors (Lipinski definition) is 8. The van der Waals surface area contributed by atoms with E-state index in [1.165, 1.54) is 12.1 Å². The molecule has 0 radical (unpaired) electrons. The Labute approximate surface area is 301 Å². The van der Waals surface area contributed by atoms with Gasteiger partial charge in [-0.3, -0.25) is 29.0 Å². The smallest absolute Gasteiger partial charge is 0.269 e. The van der Waals surface area contributed by atoms with E-state index in [1.807, 2.05) is 24.3 Å².